The predicted octanol–water partition coefficient (Wildman–Crippen LogP) is 3.90. The number of nitrogens with one attached hydrogen (secondary N) is 1. The van der Waals surface area contributed by atoms with Gasteiger partial charge < -0.3 is 4.74 Å². The molecule has 0 unspecified atom stereocenters. The predicted molar refractivity (Wildman–Crippen MR) is 101 cm³/mol. The van der Waals surface area contributed by atoms with Gasteiger partial charge in [0, 0.05) is 31.1 Å². The Kier molecular flexibility index (Phi) is 5.44. The van der Waals surface area contributed by atoms with E-state index in [0.29, 0.717) is 19.1 Å². The lowest BCUT2D eigenvalue weighted by Crippen LogP contribution is -2.23. The van der Waals surface area contributed by atoms with Crippen LogP contribution in [0.4, 0.5) is 4.39 Å². The lowest BCUT2D eigenvalue weighted by molar-refractivity contribution is 0.244. The zero-order valence-corrected chi connectivity index (χ0v) is 15.1. The number of hydrogen-bond donors (Lipinski definition) is 1. The molecule has 1 atom stereocenters. The highest BCUT2D eigenvalue weighted by atomic mass is 19.1. The van der Waals surface area contributed by atoms with Gasteiger partial charge in [0.15, 0.2) is 11.6 Å². The minimum atomic E-state index is -0.333. The summed E-state index contributed by atoms with van der Waals surface area (Å²) in [7, 11) is 0. The molecule has 0 radical (unpaired) electrons. The zero-order valence-electron chi connectivity index (χ0n) is 15.1. The van der Waals surface area contributed by atoms with Gasteiger partial charge in [0.05, 0.1) is 18.3 Å². The largest absolute Gasteiger partial charge is 0.490 e. The lowest BCUT2D eigenvalue weighted by atomic mass is 10.1. The molecule has 3 heterocycles. The molecular formula is C21H23FN4O. The van der Waals surface area contributed by atoms with Crippen LogP contribution in [0.15, 0.2) is 54.9 Å². The molecule has 4 rings (SSSR count). The number of rotatable bonds is 7. The second kappa shape index (κ2) is 8.31. The van der Waals surface area contributed by atoms with Gasteiger partial charge in [0.2, 0.25) is 0 Å². The molecule has 3 aromatic rings. The molecule has 1 aromatic carbocycles. The van der Waals surface area contributed by atoms with Crippen molar-refractivity contribution in [3.63, 3.8) is 0 Å². The van der Waals surface area contributed by atoms with Gasteiger partial charge in [0.1, 0.15) is 0 Å². The lowest BCUT2D eigenvalue weighted by Gasteiger charge is -2.22. The van der Waals surface area contributed by atoms with Crippen molar-refractivity contribution >= 4 is 0 Å². The Morgan fingerprint density at radius 3 is 2.89 bits per heavy atom. The third-order valence-corrected chi connectivity index (χ3v) is 4.96. The maximum absolute atomic E-state index is 13.6. The average molecular weight is 366 g/mol. The molecule has 140 valence electrons. The Bertz CT molecular complexity index is 867. The van der Waals surface area contributed by atoms with Crippen molar-refractivity contribution in [3.05, 3.63) is 77.6 Å². The number of nitrogens with zero attached hydrogens (tertiary/aromatic N) is 3. The van der Waals surface area contributed by atoms with Crippen LogP contribution in [0.25, 0.3) is 0 Å². The van der Waals surface area contributed by atoms with E-state index >= 15 is 0 Å². The van der Waals surface area contributed by atoms with E-state index in [1.54, 1.807) is 18.2 Å². The van der Waals surface area contributed by atoms with Crippen LogP contribution in [0.1, 0.15) is 35.8 Å². The van der Waals surface area contributed by atoms with E-state index in [1.807, 2.05) is 12.4 Å². The van der Waals surface area contributed by atoms with Crippen LogP contribution in [0, 0.1) is 5.82 Å². The van der Waals surface area contributed by atoms with E-state index in [9.17, 15) is 4.39 Å². The number of likely N-dealkylation sites (tertiary alicyclic amines) is 1. The number of para-hydroxylation sites is 1. The molecule has 0 saturated carbocycles. The molecule has 1 N–H and O–H groups in total. The molecule has 1 fully saturated rings. The van der Waals surface area contributed by atoms with E-state index < -0.39 is 0 Å². The molecule has 27 heavy (non-hydrogen) atoms. The first-order valence-electron chi connectivity index (χ1n) is 9.34. The Balaban J connectivity index is 1.35. The highest BCUT2D eigenvalue weighted by molar-refractivity contribution is 5.23. The van der Waals surface area contributed by atoms with E-state index in [1.165, 1.54) is 18.1 Å². The maximum atomic E-state index is 13.6. The van der Waals surface area contributed by atoms with E-state index in [0.717, 1.165) is 30.9 Å². The van der Waals surface area contributed by atoms with Gasteiger partial charge in [-0.15, -0.1) is 0 Å². The Labute approximate surface area is 158 Å². The Hall–Kier alpha value is -2.73. The third kappa shape index (κ3) is 4.34. The minimum Gasteiger partial charge on any atom is -0.490 e. The van der Waals surface area contributed by atoms with Crippen molar-refractivity contribution in [1.82, 2.24) is 20.1 Å². The monoisotopic (exact) mass is 366 g/mol. The fourth-order valence-corrected chi connectivity index (χ4v) is 3.58. The number of H-pyrrole nitrogens is 1. The number of aromatic amines is 1. The highest BCUT2D eigenvalue weighted by Gasteiger charge is 2.27. The van der Waals surface area contributed by atoms with Crippen molar-refractivity contribution in [2.75, 3.05) is 13.2 Å². The topological polar surface area (TPSA) is 54.0 Å². The molecule has 0 bridgehead atoms. The molecule has 1 aliphatic rings. The summed E-state index contributed by atoms with van der Waals surface area (Å²) in [5.41, 5.74) is 3.35. The summed E-state index contributed by atoms with van der Waals surface area (Å²) in [4.78, 5) is 6.55. The number of pyridine rings is 1. The third-order valence-electron chi connectivity index (χ3n) is 4.96. The smallest absolute Gasteiger partial charge is 0.165 e. The van der Waals surface area contributed by atoms with Crippen molar-refractivity contribution in [2.24, 2.45) is 0 Å². The van der Waals surface area contributed by atoms with E-state index in [2.05, 4.69) is 38.3 Å². The SMILES string of the molecule is Fc1ccccc1OCCc1cc([C@@H]2CCCN2Cc2ccncc2)n[nH]1. The zero-order chi connectivity index (χ0) is 18.5. The van der Waals surface area contributed by atoms with Gasteiger partial charge in [0.25, 0.3) is 0 Å². The summed E-state index contributed by atoms with van der Waals surface area (Å²) in [6, 6.07) is 13.0. The van der Waals surface area contributed by atoms with Gasteiger partial charge in [-0.25, -0.2) is 4.39 Å². The molecule has 1 aliphatic heterocycles. The first-order chi connectivity index (χ1) is 13.3. The molecule has 0 amide bonds. The van der Waals surface area contributed by atoms with Crippen LogP contribution < -0.4 is 4.74 Å². The van der Waals surface area contributed by atoms with Crippen LogP contribution in [-0.2, 0) is 13.0 Å². The second-order valence-corrected chi connectivity index (χ2v) is 6.83. The number of benzene rings is 1. The van der Waals surface area contributed by atoms with Crippen LogP contribution in [0.5, 0.6) is 5.75 Å². The summed E-state index contributed by atoms with van der Waals surface area (Å²) in [6.07, 6.45) is 6.62. The Morgan fingerprint density at radius 2 is 2.04 bits per heavy atom. The quantitative estimate of drug-likeness (QED) is 0.689. The van der Waals surface area contributed by atoms with E-state index in [-0.39, 0.29) is 11.6 Å². The summed E-state index contributed by atoms with van der Waals surface area (Å²) in [5.74, 6) is -0.0444. The van der Waals surface area contributed by atoms with Gasteiger partial charge in [-0.1, -0.05) is 12.1 Å². The summed E-state index contributed by atoms with van der Waals surface area (Å²) < 4.78 is 19.1. The summed E-state index contributed by atoms with van der Waals surface area (Å²) >= 11 is 0. The highest BCUT2D eigenvalue weighted by Crippen LogP contribution is 2.32. The fourth-order valence-electron chi connectivity index (χ4n) is 3.58. The summed E-state index contributed by atoms with van der Waals surface area (Å²) in [5, 5.41) is 7.63. The first kappa shape index (κ1) is 17.7. The molecule has 5 nitrogen and oxygen atoms in total. The summed E-state index contributed by atoms with van der Waals surface area (Å²) in [6.45, 7) is 2.39. The molecule has 2 aromatic heterocycles. The van der Waals surface area contributed by atoms with Crippen LogP contribution in [0.2, 0.25) is 0 Å². The maximum Gasteiger partial charge on any atom is 0.165 e. The number of hydrogen-bond acceptors (Lipinski definition) is 4. The first-order valence-corrected chi connectivity index (χ1v) is 9.34. The van der Waals surface area contributed by atoms with Crippen molar-refractivity contribution in [3.8, 4) is 5.75 Å². The normalized spacial score (nSPS) is 17.3. The molecular weight excluding hydrogens is 343 g/mol. The van der Waals surface area contributed by atoms with Crippen molar-refractivity contribution in [1.29, 1.82) is 0 Å². The van der Waals surface area contributed by atoms with E-state index in [4.69, 9.17) is 4.74 Å². The molecule has 0 spiro atoms. The number of halogens is 1. The van der Waals surface area contributed by atoms with Crippen LogP contribution in [-0.4, -0.2) is 33.2 Å². The average Bonchev–Trinajstić information content (AvgIpc) is 3.33. The van der Waals surface area contributed by atoms with Gasteiger partial charge in [-0.05, 0) is 55.3 Å². The number of ether oxygens (including phenoxy) is 1. The molecule has 0 aliphatic carbocycles. The number of aromatic nitrogens is 3. The van der Waals surface area contributed by atoms with Crippen molar-refractivity contribution < 1.29 is 9.13 Å². The van der Waals surface area contributed by atoms with Gasteiger partial charge in [-0.3, -0.25) is 15.0 Å². The standard InChI is InChI=1S/C21H23FN4O/c22-18-4-1-2-6-21(18)27-13-9-17-14-19(25-24-17)20-5-3-12-26(20)15-16-7-10-23-11-8-16/h1-2,4,6-8,10-11,14,20H,3,5,9,12-13,15H2,(H,24,25)/t20-/m0/s1. The van der Waals surface area contributed by atoms with Gasteiger partial charge >= 0.3 is 0 Å². The second-order valence-electron chi connectivity index (χ2n) is 6.83. The van der Waals surface area contributed by atoms with Crippen LogP contribution in [0.3, 0.4) is 0 Å². The molecule has 6 heteroatoms. The Morgan fingerprint density at radius 1 is 1.19 bits per heavy atom. The fraction of sp³-hybridized carbons (Fsp3) is 0.333. The van der Waals surface area contributed by atoms with Gasteiger partial charge in [-0.2, -0.15) is 5.10 Å². The minimum absolute atomic E-state index is 0.288. The molecule has 1 saturated heterocycles. The van der Waals surface area contributed by atoms with Crippen LogP contribution >= 0.6 is 0 Å². The van der Waals surface area contributed by atoms with Crippen molar-refractivity contribution in [2.45, 2.75) is 31.8 Å².